The summed E-state index contributed by atoms with van der Waals surface area (Å²) < 4.78 is 5.66. The molecule has 3 heterocycles. The number of piperazine rings is 1. The van der Waals surface area contributed by atoms with E-state index in [4.69, 9.17) is 16.3 Å². The quantitative estimate of drug-likeness (QED) is 0.517. The molecule has 2 N–H and O–H groups in total. The highest BCUT2D eigenvalue weighted by molar-refractivity contribution is 6.33. The number of hydrogen-bond donors (Lipinski definition) is 2. The first-order valence-corrected chi connectivity index (χ1v) is 12.4. The number of nitrogens with zero attached hydrogens (tertiary/aromatic N) is 5. The van der Waals surface area contributed by atoms with Gasteiger partial charge in [-0.1, -0.05) is 23.7 Å². The summed E-state index contributed by atoms with van der Waals surface area (Å²) >= 11 is 6.43. The molecule has 10 heteroatoms. The lowest BCUT2D eigenvalue weighted by molar-refractivity contribution is 0.0782. The van der Waals surface area contributed by atoms with Crippen molar-refractivity contribution in [3.63, 3.8) is 0 Å². The Bertz CT molecular complexity index is 1280. The van der Waals surface area contributed by atoms with Crippen molar-refractivity contribution in [2.24, 2.45) is 0 Å². The second-order valence-electron chi connectivity index (χ2n) is 9.13. The van der Waals surface area contributed by atoms with Gasteiger partial charge in [-0.05, 0) is 37.2 Å². The van der Waals surface area contributed by atoms with Crippen molar-refractivity contribution in [2.45, 2.75) is 6.42 Å². The third-order valence-electron chi connectivity index (χ3n) is 6.73. The second kappa shape index (κ2) is 10.2. The van der Waals surface area contributed by atoms with E-state index in [9.17, 15) is 4.79 Å². The fourth-order valence-corrected chi connectivity index (χ4v) is 4.69. The molecule has 0 radical (unpaired) electrons. The minimum atomic E-state index is -0.0203. The van der Waals surface area contributed by atoms with Gasteiger partial charge in [-0.15, -0.1) is 0 Å². The molecule has 0 unspecified atom stereocenters. The van der Waals surface area contributed by atoms with Crippen molar-refractivity contribution in [1.82, 2.24) is 19.8 Å². The van der Waals surface area contributed by atoms with Crippen LogP contribution in [0.15, 0.2) is 42.6 Å². The molecule has 0 spiro atoms. The molecule has 0 bridgehead atoms. The lowest BCUT2D eigenvalue weighted by atomic mass is 9.97. The van der Waals surface area contributed by atoms with Crippen LogP contribution < -0.4 is 20.3 Å². The van der Waals surface area contributed by atoms with Gasteiger partial charge in [0.25, 0.3) is 5.91 Å². The molecule has 188 valence electrons. The monoisotopic (exact) mass is 507 g/mol. The normalized spacial score (nSPS) is 16.1. The van der Waals surface area contributed by atoms with Gasteiger partial charge in [0.05, 0.1) is 30.2 Å². The number of methoxy groups -OCH3 is 1. The summed E-state index contributed by atoms with van der Waals surface area (Å²) in [4.78, 5) is 28.2. The third kappa shape index (κ3) is 4.89. The van der Waals surface area contributed by atoms with Crippen LogP contribution in [0.2, 0.25) is 5.02 Å². The van der Waals surface area contributed by atoms with Crippen LogP contribution in [0.4, 0.5) is 28.8 Å². The number of amides is 1. The van der Waals surface area contributed by atoms with Crippen LogP contribution in [0, 0.1) is 0 Å². The van der Waals surface area contributed by atoms with Crippen molar-refractivity contribution >= 4 is 46.3 Å². The summed E-state index contributed by atoms with van der Waals surface area (Å²) in [6, 6.07) is 11.9. The molecule has 2 aromatic carbocycles. The number of benzene rings is 2. The number of carbonyl (C=O) groups is 1. The standard InChI is InChI=1S/C26H30ClN7O2/c1-32-11-13-34(14-12-32)18-7-8-20(22(15-18)36-3)30-26-28-16-19(27)24(31-26)29-21-6-4-5-17-9-10-33(2)25(35)23(17)21/h4-8,15-16H,9-14H2,1-3H3,(H2,28,29,30,31). The minimum absolute atomic E-state index is 0.0203. The molecule has 1 saturated heterocycles. The number of carbonyl (C=O) groups excluding carboxylic acids is 1. The summed E-state index contributed by atoms with van der Waals surface area (Å²) in [5.41, 5.74) is 4.20. The lowest BCUT2D eigenvalue weighted by Gasteiger charge is -2.34. The van der Waals surface area contributed by atoms with E-state index in [1.165, 1.54) is 6.20 Å². The maximum absolute atomic E-state index is 12.8. The smallest absolute Gasteiger partial charge is 0.255 e. The van der Waals surface area contributed by atoms with Crippen LogP contribution >= 0.6 is 11.6 Å². The van der Waals surface area contributed by atoms with Gasteiger partial charge < -0.3 is 30.1 Å². The fourth-order valence-electron chi connectivity index (χ4n) is 4.55. The van der Waals surface area contributed by atoms with Gasteiger partial charge in [0.15, 0.2) is 5.82 Å². The molecule has 3 aromatic rings. The van der Waals surface area contributed by atoms with Gasteiger partial charge >= 0.3 is 0 Å². The summed E-state index contributed by atoms with van der Waals surface area (Å²) in [6.45, 7) is 4.71. The van der Waals surface area contributed by atoms with Gasteiger partial charge in [0.1, 0.15) is 10.8 Å². The number of rotatable bonds is 6. The Balaban J connectivity index is 1.38. The van der Waals surface area contributed by atoms with E-state index in [-0.39, 0.29) is 5.91 Å². The molecule has 1 amide bonds. The first-order chi connectivity index (χ1) is 17.4. The minimum Gasteiger partial charge on any atom is -0.494 e. The lowest BCUT2D eigenvalue weighted by Crippen LogP contribution is -2.44. The van der Waals surface area contributed by atoms with Crippen LogP contribution in [-0.2, 0) is 6.42 Å². The second-order valence-corrected chi connectivity index (χ2v) is 9.54. The van der Waals surface area contributed by atoms with E-state index < -0.39 is 0 Å². The zero-order valence-electron chi connectivity index (χ0n) is 20.7. The number of hydrogen-bond acceptors (Lipinski definition) is 8. The largest absolute Gasteiger partial charge is 0.494 e. The van der Waals surface area contributed by atoms with E-state index in [0.29, 0.717) is 40.3 Å². The van der Waals surface area contributed by atoms with Crippen LogP contribution in [0.25, 0.3) is 0 Å². The average Bonchev–Trinajstić information content (AvgIpc) is 2.89. The maximum Gasteiger partial charge on any atom is 0.255 e. The third-order valence-corrected chi connectivity index (χ3v) is 7.00. The number of aromatic nitrogens is 2. The number of anilines is 5. The fraction of sp³-hybridized carbons (Fsp3) is 0.346. The van der Waals surface area contributed by atoms with E-state index in [1.54, 1.807) is 12.0 Å². The number of likely N-dealkylation sites (N-methyl/N-ethyl adjacent to an activating group) is 2. The molecule has 2 aliphatic heterocycles. The van der Waals surface area contributed by atoms with Gasteiger partial charge in [0, 0.05) is 51.5 Å². The predicted molar refractivity (Wildman–Crippen MR) is 143 cm³/mol. The Hall–Kier alpha value is -3.56. The Morgan fingerprint density at radius 3 is 2.58 bits per heavy atom. The predicted octanol–water partition coefficient (Wildman–Crippen LogP) is 4.01. The number of fused-ring (bicyclic) bond motifs is 1. The summed E-state index contributed by atoms with van der Waals surface area (Å²) in [5.74, 6) is 1.45. The van der Waals surface area contributed by atoms with Crippen LogP contribution in [0.5, 0.6) is 5.75 Å². The van der Waals surface area contributed by atoms with E-state index in [1.807, 2.05) is 37.4 Å². The Kier molecular flexibility index (Phi) is 6.84. The van der Waals surface area contributed by atoms with E-state index in [2.05, 4.69) is 43.5 Å². The van der Waals surface area contributed by atoms with Crippen LogP contribution in [0.1, 0.15) is 15.9 Å². The molecule has 5 rings (SSSR count). The molecule has 0 saturated carbocycles. The topological polar surface area (TPSA) is 85.9 Å². The molecule has 1 fully saturated rings. The van der Waals surface area contributed by atoms with Crippen LogP contribution in [-0.4, -0.2) is 79.6 Å². The molecule has 0 aliphatic carbocycles. The number of halogens is 1. The van der Waals surface area contributed by atoms with Gasteiger partial charge in [-0.25, -0.2) is 4.98 Å². The summed E-state index contributed by atoms with van der Waals surface area (Å²) in [5, 5.41) is 6.85. The molecular weight excluding hydrogens is 478 g/mol. The Morgan fingerprint density at radius 2 is 1.81 bits per heavy atom. The Morgan fingerprint density at radius 1 is 1.00 bits per heavy atom. The zero-order valence-corrected chi connectivity index (χ0v) is 21.5. The molecular formula is C26H30ClN7O2. The highest BCUT2D eigenvalue weighted by Gasteiger charge is 2.25. The Labute approximate surface area is 216 Å². The van der Waals surface area contributed by atoms with E-state index in [0.717, 1.165) is 49.5 Å². The highest BCUT2D eigenvalue weighted by atomic mass is 35.5. The first-order valence-electron chi connectivity index (χ1n) is 12.0. The molecule has 1 aromatic heterocycles. The number of ether oxygens (including phenoxy) is 1. The number of nitrogens with one attached hydrogen (secondary N) is 2. The highest BCUT2D eigenvalue weighted by Crippen LogP contribution is 2.34. The molecule has 2 aliphatic rings. The van der Waals surface area contributed by atoms with Gasteiger partial charge in [-0.2, -0.15) is 4.98 Å². The average molecular weight is 508 g/mol. The van der Waals surface area contributed by atoms with E-state index >= 15 is 0 Å². The zero-order chi connectivity index (χ0) is 25.2. The van der Waals surface area contributed by atoms with Crippen molar-refractivity contribution in [3.8, 4) is 5.75 Å². The first kappa shape index (κ1) is 24.1. The summed E-state index contributed by atoms with van der Waals surface area (Å²) in [7, 11) is 5.60. The molecule has 0 atom stereocenters. The van der Waals surface area contributed by atoms with Gasteiger partial charge in [-0.3, -0.25) is 4.79 Å². The van der Waals surface area contributed by atoms with Gasteiger partial charge in [0.2, 0.25) is 5.95 Å². The molecule has 36 heavy (non-hydrogen) atoms. The van der Waals surface area contributed by atoms with Crippen molar-refractivity contribution in [1.29, 1.82) is 0 Å². The van der Waals surface area contributed by atoms with Crippen molar-refractivity contribution in [3.05, 3.63) is 58.7 Å². The summed E-state index contributed by atoms with van der Waals surface area (Å²) in [6.07, 6.45) is 2.34. The van der Waals surface area contributed by atoms with Crippen LogP contribution in [0.3, 0.4) is 0 Å². The molecule has 9 nitrogen and oxygen atoms in total. The maximum atomic E-state index is 12.8. The van der Waals surface area contributed by atoms with Crippen molar-refractivity contribution in [2.75, 3.05) is 69.5 Å². The van der Waals surface area contributed by atoms with Crippen molar-refractivity contribution < 1.29 is 9.53 Å². The SMILES string of the molecule is COc1cc(N2CCN(C)CC2)ccc1Nc1ncc(Cl)c(Nc2cccc3c2C(=O)N(C)CC3)n1.